The topological polar surface area (TPSA) is 74.3 Å². The number of carbonyl (C=O) groups is 2. The number of ether oxygens (including phenoxy) is 4. The van der Waals surface area contributed by atoms with Crippen molar-refractivity contribution >= 4 is 11.9 Å². The SMILES string of the molecule is CCOC(=O)CC(CC(=O)OCC)(Cc1ccc(OC)c(OC)c1)CC1CCN(Cc2ccccc2)CC1. The number of hydrogen-bond acceptors (Lipinski definition) is 7. The normalized spacial score (nSPS) is 14.6. The third-order valence-electron chi connectivity index (χ3n) is 7.35. The number of hydrogen-bond donors (Lipinski definition) is 0. The van der Waals surface area contributed by atoms with Crippen LogP contribution in [0.3, 0.4) is 0 Å². The van der Waals surface area contributed by atoms with Gasteiger partial charge in [0.1, 0.15) is 0 Å². The summed E-state index contributed by atoms with van der Waals surface area (Å²) >= 11 is 0. The molecule has 0 bridgehead atoms. The van der Waals surface area contributed by atoms with Crippen molar-refractivity contribution in [3.63, 3.8) is 0 Å². The summed E-state index contributed by atoms with van der Waals surface area (Å²) in [6, 6.07) is 16.3. The fourth-order valence-corrected chi connectivity index (χ4v) is 5.67. The number of nitrogens with zero attached hydrogens (tertiary/aromatic N) is 1. The number of carbonyl (C=O) groups excluding carboxylic acids is 2. The standard InChI is InChI=1S/C31H43NO6/c1-5-37-29(33)21-31(22-30(34)38-6-2,20-26-12-13-27(35-3)28(18-26)36-4)19-24-14-16-32(17-15-24)23-25-10-8-7-9-11-25/h7-13,18,24H,5-6,14-17,19-23H2,1-4H3. The van der Waals surface area contributed by atoms with Crippen LogP contribution in [0.2, 0.25) is 0 Å². The Morgan fingerprint density at radius 3 is 2.00 bits per heavy atom. The molecule has 1 heterocycles. The summed E-state index contributed by atoms with van der Waals surface area (Å²) < 4.78 is 21.7. The van der Waals surface area contributed by atoms with Gasteiger partial charge in [-0.25, -0.2) is 0 Å². The molecule has 7 nitrogen and oxygen atoms in total. The van der Waals surface area contributed by atoms with Gasteiger partial charge in [0.2, 0.25) is 0 Å². The molecule has 0 saturated carbocycles. The van der Waals surface area contributed by atoms with Gasteiger partial charge in [0.15, 0.2) is 11.5 Å². The van der Waals surface area contributed by atoms with E-state index in [0.29, 0.717) is 37.1 Å². The minimum atomic E-state index is -0.621. The highest BCUT2D eigenvalue weighted by atomic mass is 16.5. The van der Waals surface area contributed by atoms with Gasteiger partial charge in [0.05, 0.1) is 40.3 Å². The Balaban J connectivity index is 1.82. The number of esters is 2. The quantitative estimate of drug-likeness (QED) is 0.304. The Bertz CT molecular complexity index is 996. The minimum absolute atomic E-state index is 0.165. The number of benzene rings is 2. The molecule has 0 spiro atoms. The number of methoxy groups -OCH3 is 2. The van der Waals surface area contributed by atoms with E-state index in [1.807, 2.05) is 38.1 Å². The summed E-state index contributed by atoms with van der Waals surface area (Å²) in [4.78, 5) is 28.2. The maximum atomic E-state index is 12.9. The van der Waals surface area contributed by atoms with Crippen molar-refractivity contribution in [3.05, 3.63) is 59.7 Å². The second-order valence-electron chi connectivity index (χ2n) is 10.2. The fraction of sp³-hybridized carbons (Fsp3) is 0.548. The molecule has 1 aliphatic heterocycles. The molecule has 1 saturated heterocycles. The monoisotopic (exact) mass is 525 g/mol. The smallest absolute Gasteiger partial charge is 0.306 e. The third-order valence-corrected chi connectivity index (χ3v) is 7.35. The zero-order chi connectivity index (χ0) is 27.4. The lowest BCUT2D eigenvalue weighted by atomic mass is 9.68. The molecule has 7 heteroatoms. The molecule has 0 atom stereocenters. The van der Waals surface area contributed by atoms with E-state index in [4.69, 9.17) is 18.9 Å². The van der Waals surface area contributed by atoms with E-state index in [1.54, 1.807) is 14.2 Å². The number of rotatable bonds is 14. The van der Waals surface area contributed by atoms with Crippen LogP contribution in [0.1, 0.15) is 57.1 Å². The van der Waals surface area contributed by atoms with Crippen LogP contribution in [0.4, 0.5) is 0 Å². The molecule has 0 radical (unpaired) electrons. The Morgan fingerprint density at radius 1 is 0.842 bits per heavy atom. The highest BCUT2D eigenvalue weighted by Crippen LogP contribution is 2.43. The minimum Gasteiger partial charge on any atom is -0.493 e. The molecule has 0 N–H and O–H groups in total. The van der Waals surface area contributed by atoms with Crippen LogP contribution in [0, 0.1) is 11.3 Å². The Labute approximate surface area is 227 Å². The first-order chi connectivity index (χ1) is 18.4. The highest BCUT2D eigenvalue weighted by molar-refractivity contribution is 5.74. The lowest BCUT2D eigenvalue weighted by molar-refractivity contribution is -0.151. The van der Waals surface area contributed by atoms with Crippen molar-refractivity contribution in [2.45, 2.75) is 58.9 Å². The first-order valence-electron chi connectivity index (χ1n) is 13.7. The lowest BCUT2D eigenvalue weighted by Gasteiger charge is -2.39. The average molecular weight is 526 g/mol. The summed E-state index contributed by atoms with van der Waals surface area (Å²) in [7, 11) is 3.21. The van der Waals surface area contributed by atoms with Gasteiger partial charge in [-0.1, -0.05) is 36.4 Å². The van der Waals surface area contributed by atoms with Gasteiger partial charge in [-0.2, -0.15) is 0 Å². The molecule has 2 aromatic carbocycles. The molecule has 208 valence electrons. The van der Waals surface area contributed by atoms with Crippen molar-refractivity contribution in [3.8, 4) is 11.5 Å². The maximum Gasteiger partial charge on any atom is 0.306 e. The fourth-order valence-electron chi connectivity index (χ4n) is 5.67. The highest BCUT2D eigenvalue weighted by Gasteiger charge is 2.39. The van der Waals surface area contributed by atoms with Crippen molar-refractivity contribution in [1.29, 1.82) is 0 Å². The van der Waals surface area contributed by atoms with Crippen LogP contribution in [0.5, 0.6) is 11.5 Å². The van der Waals surface area contributed by atoms with E-state index >= 15 is 0 Å². The predicted octanol–water partition coefficient (Wildman–Crippen LogP) is 5.44. The summed E-state index contributed by atoms with van der Waals surface area (Å²) in [5, 5.41) is 0. The Hall–Kier alpha value is -3.06. The predicted molar refractivity (Wildman–Crippen MR) is 147 cm³/mol. The molecular formula is C31H43NO6. The molecule has 38 heavy (non-hydrogen) atoms. The molecule has 1 aliphatic rings. The first kappa shape index (κ1) is 29.5. The van der Waals surface area contributed by atoms with Crippen molar-refractivity contribution in [2.24, 2.45) is 11.3 Å². The summed E-state index contributed by atoms with van der Waals surface area (Å²) in [5.74, 6) is 1.10. The maximum absolute atomic E-state index is 12.9. The number of likely N-dealkylation sites (tertiary alicyclic amines) is 1. The van der Waals surface area contributed by atoms with Gasteiger partial charge < -0.3 is 18.9 Å². The zero-order valence-electron chi connectivity index (χ0n) is 23.4. The summed E-state index contributed by atoms with van der Waals surface area (Å²) in [6.07, 6.45) is 3.65. The van der Waals surface area contributed by atoms with Crippen LogP contribution in [0.25, 0.3) is 0 Å². The van der Waals surface area contributed by atoms with Crippen LogP contribution in [-0.4, -0.2) is 57.4 Å². The molecular weight excluding hydrogens is 482 g/mol. The van der Waals surface area contributed by atoms with Gasteiger partial charge in [0, 0.05) is 6.54 Å². The Kier molecular flexibility index (Phi) is 11.5. The van der Waals surface area contributed by atoms with Crippen molar-refractivity contribution < 1.29 is 28.5 Å². The van der Waals surface area contributed by atoms with E-state index in [2.05, 4.69) is 29.2 Å². The molecule has 1 fully saturated rings. The van der Waals surface area contributed by atoms with Crippen LogP contribution >= 0.6 is 0 Å². The van der Waals surface area contributed by atoms with Crippen LogP contribution < -0.4 is 9.47 Å². The van der Waals surface area contributed by atoms with Crippen molar-refractivity contribution in [1.82, 2.24) is 4.90 Å². The zero-order valence-corrected chi connectivity index (χ0v) is 23.4. The molecule has 0 unspecified atom stereocenters. The summed E-state index contributed by atoms with van der Waals surface area (Å²) in [5.41, 5.74) is 1.68. The van der Waals surface area contributed by atoms with E-state index in [-0.39, 0.29) is 24.8 Å². The van der Waals surface area contributed by atoms with E-state index in [9.17, 15) is 9.59 Å². The lowest BCUT2D eigenvalue weighted by Crippen LogP contribution is -2.38. The Morgan fingerprint density at radius 2 is 1.45 bits per heavy atom. The van der Waals surface area contributed by atoms with Crippen molar-refractivity contribution in [2.75, 3.05) is 40.5 Å². The molecule has 0 amide bonds. The summed E-state index contributed by atoms with van der Waals surface area (Å²) in [6.45, 7) is 7.15. The van der Waals surface area contributed by atoms with Gasteiger partial charge in [-0.05, 0) is 87.2 Å². The van der Waals surface area contributed by atoms with Crippen LogP contribution in [0.15, 0.2) is 48.5 Å². The van der Waals surface area contributed by atoms with Crippen LogP contribution in [-0.2, 0) is 32.0 Å². The first-order valence-corrected chi connectivity index (χ1v) is 13.7. The van der Waals surface area contributed by atoms with Gasteiger partial charge in [-0.15, -0.1) is 0 Å². The molecule has 0 aliphatic carbocycles. The second-order valence-corrected chi connectivity index (χ2v) is 10.2. The second kappa shape index (κ2) is 14.8. The molecule has 3 rings (SSSR count). The van der Waals surface area contributed by atoms with Gasteiger partial charge in [0.25, 0.3) is 0 Å². The third kappa shape index (κ3) is 8.76. The number of piperidine rings is 1. The van der Waals surface area contributed by atoms with Gasteiger partial charge in [-0.3, -0.25) is 14.5 Å². The van der Waals surface area contributed by atoms with Gasteiger partial charge >= 0.3 is 11.9 Å². The molecule has 2 aromatic rings. The largest absolute Gasteiger partial charge is 0.493 e. The molecule has 0 aromatic heterocycles. The van der Waals surface area contributed by atoms with E-state index in [0.717, 1.165) is 44.5 Å². The van der Waals surface area contributed by atoms with E-state index in [1.165, 1.54) is 5.56 Å². The average Bonchev–Trinajstić information content (AvgIpc) is 2.90. The van der Waals surface area contributed by atoms with E-state index < -0.39 is 5.41 Å².